The van der Waals surface area contributed by atoms with E-state index < -0.39 is 40.3 Å². The van der Waals surface area contributed by atoms with Crippen LogP contribution in [0, 0.1) is 0 Å². The number of phenolic OH excluding ortho intramolecular Hbond substituents is 2. The Labute approximate surface area is 251 Å². The lowest BCUT2D eigenvalue weighted by Gasteiger charge is -2.36. The van der Waals surface area contributed by atoms with Crippen molar-refractivity contribution in [2.75, 3.05) is 5.32 Å². The molecule has 3 aliphatic heterocycles. The number of imide groups is 1. The first-order chi connectivity index (χ1) is 21.1. The van der Waals surface area contributed by atoms with Crippen LogP contribution < -0.4 is 20.7 Å². The highest BCUT2D eigenvalue weighted by Gasteiger charge is 2.56. The number of ether oxygens (including phenoxy) is 2. The van der Waals surface area contributed by atoms with Crippen LogP contribution in [-0.4, -0.2) is 42.5 Å². The lowest BCUT2D eigenvalue weighted by Crippen LogP contribution is -2.53. The molecule has 3 aliphatic rings. The van der Waals surface area contributed by atoms with Crippen LogP contribution in [-0.2, 0) is 26.2 Å². The van der Waals surface area contributed by atoms with Crippen molar-refractivity contribution in [3.05, 3.63) is 95.1 Å². The molecule has 0 aliphatic carbocycles. The second-order valence-corrected chi connectivity index (χ2v) is 11.5. The number of urea groups is 1. The standard InChI is InChI=1S/C31H23N3O9S/c1-2-30(28(38)32-29(39)34-30)33-26-19(15-4-3-5-18(12-15)44(40)41)8-11-22-25(26)27(37)43-31(22)20-9-6-16(35)13-23(20)42-24-14-17(36)7-10-21(24)31/h3-14,33,35-36H,2H2,1H3,(H,40,41)(H2,32,34,38,39). The molecule has 6 N–H and O–H groups in total. The van der Waals surface area contributed by atoms with Crippen molar-refractivity contribution in [3.63, 3.8) is 0 Å². The van der Waals surface area contributed by atoms with Gasteiger partial charge >= 0.3 is 12.0 Å². The average molecular weight is 614 g/mol. The average Bonchev–Trinajstić information content (AvgIpc) is 3.45. The molecule has 0 radical (unpaired) electrons. The molecule has 2 atom stereocenters. The second-order valence-electron chi connectivity index (χ2n) is 10.5. The molecule has 1 spiro atoms. The van der Waals surface area contributed by atoms with Gasteiger partial charge in [-0.2, -0.15) is 0 Å². The van der Waals surface area contributed by atoms with Gasteiger partial charge in [-0.25, -0.2) is 13.8 Å². The summed E-state index contributed by atoms with van der Waals surface area (Å²) in [5.41, 5.74) is -1.08. The van der Waals surface area contributed by atoms with Crippen LogP contribution in [0.4, 0.5) is 10.5 Å². The second kappa shape index (κ2) is 9.56. The first-order valence-corrected chi connectivity index (χ1v) is 14.6. The molecule has 4 aromatic carbocycles. The number of aromatic hydroxyl groups is 2. The van der Waals surface area contributed by atoms with Gasteiger partial charge in [0.1, 0.15) is 23.0 Å². The van der Waals surface area contributed by atoms with Crippen LogP contribution >= 0.6 is 0 Å². The van der Waals surface area contributed by atoms with E-state index in [-0.39, 0.29) is 45.6 Å². The van der Waals surface area contributed by atoms with E-state index in [0.29, 0.717) is 27.8 Å². The zero-order chi connectivity index (χ0) is 31.0. The molecule has 13 heteroatoms. The Morgan fingerprint density at radius 2 is 1.55 bits per heavy atom. The van der Waals surface area contributed by atoms with Crippen molar-refractivity contribution in [3.8, 4) is 34.1 Å². The van der Waals surface area contributed by atoms with E-state index in [9.17, 15) is 33.4 Å². The van der Waals surface area contributed by atoms with Gasteiger partial charge in [-0.05, 0) is 48.4 Å². The Balaban J connectivity index is 1.54. The number of hydrogen-bond donors (Lipinski definition) is 6. The molecule has 44 heavy (non-hydrogen) atoms. The van der Waals surface area contributed by atoms with Crippen LogP contribution in [0.15, 0.2) is 77.7 Å². The molecule has 2 unspecified atom stereocenters. The van der Waals surface area contributed by atoms with E-state index in [1.165, 1.54) is 36.4 Å². The van der Waals surface area contributed by atoms with Crippen LogP contribution in [0.25, 0.3) is 11.1 Å². The third-order valence-electron chi connectivity index (χ3n) is 8.10. The molecular weight excluding hydrogens is 590 g/mol. The van der Waals surface area contributed by atoms with Crippen molar-refractivity contribution in [1.29, 1.82) is 0 Å². The fourth-order valence-electron chi connectivity index (χ4n) is 6.06. The minimum absolute atomic E-state index is 0.0414. The monoisotopic (exact) mass is 613 g/mol. The van der Waals surface area contributed by atoms with Crippen molar-refractivity contribution in [2.24, 2.45) is 0 Å². The van der Waals surface area contributed by atoms with Crippen LogP contribution in [0.2, 0.25) is 0 Å². The van der Waals surface area contributed by atoms with E-state index in [0.717, 1.165) is 0 Å². The number of rotatable bonds is 5. The molecule has 7 rings (SSSR count). The number of benzene rings is 4. The van der Waals surface area contributed by atoms with Gasteiger partial charge in [0.15, 0.2) is 22.3 Å². The van der Waals surface area contributed by atoms with E-state index in [2.05, 4.69) is 16.0 Å². The van der Waals surface area contributed by atoms with Gasteiger partial charge in [0.2, 0.25) is 0 Å². The molecule has 12 nitrogen and oxygen atoms in total. The molecule has 1 saturated heterocycles. The molecular formula is C31H23N3O9S. The Bertz CT molecular complexity index is 1930. The van der Waals surface area contributed by atoms with Crippen LogP contribution in [0.5, 0.6) is 23.0 Å². The Hall–Kier alpha value is -5.40. The minimum Gasteiger partial charge on any atom is -0.508 e. The third kappa shape index (κ3) is 3.86. The summed E-state index contributed by atoms with van der Waals surface area (Å²) in [6, 6.07) is 17.6. The third-order valence-corrected chi connectivity index (χ3v) is 8.76. The maximum absolute atomic E-state index is 14.1. The summed E-state index contributed by atoms with van der Waals surface area (Å²) in [4.78, 5) is 39.6. The molecule has 1 fully saturated rings. The predicted octanol–water partition coefficient (Wildman–Crippen LogP) is 4.27. The highest BCUT2D eigenvalue weighted by Crippen LogP contribution is 2.58. The Morgan fingerprint density at radius 3 is 2.14 bits per heavy atom. The summed E-state index contributed by atoms with van der Waals surface area (Å²) in [5.74, 6) is -1.26. The number of nitrogens with one attached hydrogen (secondary N) is 3. The number of phenols is 2. The van der Waals surface area contributed by atoms with Gasteiger partial charge in [-0.1, -0.05) is 31.2 Å². The van der Waals surface area contributed by atoms with Crippen LogP contribution in [0.1, 0.15) is 40.4 Å². The zero-order valence-electron chi connectivity index (χ0n) is 22.8. The number of anilines is 1. The molecule has 4 aromatic rings. The first kappa shape index (κ1) is 27.4. The summed E-state index contributed by atoms with van der Waals surface area (Å²) in [6.07, 6.45) is 0.0899. The van der Waals surface area contributed by atoms with Crippen molar-refractivity contribution in [2.45, 2.75) is 29.5 Å². The van der Waals surface area contributed by atoms with Gasteiger partial charge in [0.25, 0.3) is 5.91 Å². The maximum atomic E-state index is 14.1. The van der Waals surface area contributed by atoms with E-state index >= 15 is 0 Å². The number of esters is 1. The quantitative estimate of drug-likeness (QED) is 0.108. The normalized spacial score (nSPS) is 19.6. The molecule has 3 amide bonds. The molecule has 222 valence electrons. The zero-order valence-corrected chi connectivity index (χ0v) is 23.7. The van der Waals surface area contributed by atoms with E-state index in [1.807, 2.05) is 0 Å². The SMILES string of the molecule is CCC1(Nc2c(-c3cccc(S(=O)O)c3)ccc3c2C(=O)OC32c3ccc(O)cc3Oc3cc(O)ccc32)NC(=O)NC1=O. The number of hydrogen-bond acceptors (Lipinski definition) is 9. The smallest absolute Gasteiger partial charge is 0.342 e. The highest BCUT2D eigenvalue weighted by molar-refractivity contribution is 7.79. The van der Waals surface area contributed by atoms with Gasteiger partial charge in [0, 0.05) is 34.4 Å². The summed E-state index contributed by atoms with van der Waals surface area (Å²) in [7, 11) is 0. The molecule has 3 heterocycles. The molecule has 0 aromatic heterocycles. The van der Waals surface area contributed by atoms with Crippen LogP contribution in [0.3, 0.4) is 0 Å². The summed E-state index contributed by atoms with van der Waals surface area (Å²) in [6.45, 7) is 1.68. The van der Waals surface area contributed by atoms with Gasteiger partial charge in [-0.15, -0.1) is 0 Å². The summed E-state index contributed by atoms with van der Waals surface area (Å²) < 4.78 is 34.0. The predicted molar refractivity (Wildman–Crippen MR) is 156 cm³/mol. The highest BCUT2D eigenvalue weighted by atomic mass is 32.2. The summed E-state index contributed by atoms with van der Waals surface area (Å²) in [5, 5.41) is 28.5. The lowest BCUT2D eigenvalue weighted by molar-refractivity contribution is -0.123. The number of carbonyl (C=O) groups is 3. The van der Waals surface area contributed by atoms with E-state index in [1.54, 1.807) is 43.3 Å². The number of carbonyl (C=O) groups excluding carboxylic acids is 3. The minimum atomic E-state index is -2.30. The van der Waals surface area contributed by atoms with Crippen molar-refractivity contribution < 1.29 is 42.8 Å². The molecule has 0 bridgehead atoms. The van der Waals surface area contributed by atoms with Gasteiger partial charge in [0.05, 0.1) is 16.1 Å². The number of amides is 3. The summed E-state index contributed by atoms with van der Waals surface area (Å²) >= 11 is -2.30. The Kier molecular flexibility index (Phi) is 5.96. The molecule has 0 saturated carbocycles. The van der Waals surface area contributed by atoms with Crippen molar-refractivity contribution >= 4 is 34.7 Å². The maximum Gasteiger partial charge on any atom is 0.342 e. The number of fused-ring (bicyclic) bond motifs is 6. The van der Waals surface area contributed by atoms with E-state index in [4.69, 9.17) is 9.47 Å². The Morgan fingerprint density at radius 1 is 0.886 bits per heavy atom. The lowest BCUT2D eigenvalue weighted by atomic mass is 9.76. The first-order valence-electron chi connectivity index (χ1n) is 13.4. The fourth-order valence-corrected chi connectivity index (χ4v) is 6.49. The topological polar surface area (TPSA) is 184 Å². The van der Waals surface area contributed by atoms with Gasteiger partial charge < -0.3 is 34.9 Å². The largest absolute Gasteiger partial charge is 0.508 e. The van der Waals surface area contributed by atoms with Gasteiger partial charge in [-0.3, -0.25) is 10.1 Å². The van der Waals surface area contributed by atoms with Crippen molar-refractivity contribution in [1.82, 2.24) is 10.6 Å². The fraction of sp³-hybridized carbons (Fsp3) is 0.129.